The predicted octanol–water partition coefficient (Wildman–Crippen LogP) is 3.83. The zero-order valence-electron chi connectivity index (χ0n) is 8.83. The van der Waals surface area contributed by atoms with Crippen LogP contribution in [0.3, 0.4) is 0 Å². The third-order valence-electron chi connectivity index (χ3n) is 2.14. The van der Waals surface area contributed by atoms with Gasteiger partial charge in [-0.05, 0) is 24.5 Å². The number of hydrogen-bond acceptors (Lipinski definition) is 1. The fourth-order valence-electron chi connectivity index (χ4n) is 0.864. The van der Waals surface area contributed by atoms with Crippen molar-refractivity contribution >= 4 is 11.4 Å². The second kappa shape index (κ2) is 3.73. The van der Waals surface area contributed by atoms with Crippen molar-refractivity contribution < 1.29 is 0 Å². The zero-order valence-corrected chi connectivity index (χ0v) is 8.83. The topological polar surface area (TPSA) is 12.4 Å². The summed E-state index contributed by atoms with van der Waals surface area (Å²) in [5, 5.41) is 0. The van der Waals surface area contributed by atoms with E-state index in [0.29, 0.717) is 0 Å². The van der Waals surface area contributed by atoms with E-state index in [1.165, 1.54) is 5.71 Å². The van der Waals surface area contributed by atoms with E-state index >= 15 is 0 Å². The van der Waals surface area contributed by atoms with Gasteiger partial charge in [0.1, 0.15) is 0 Å². The molecule has 0 unspecified atom stereocenters. The number of benzene rings is 1. The van der Waals surface area contributed by atoms with E-state index in [4.69, 9.17) is 0 Å². The van der Waals surface area contributed by atoms with Gasteiger partial charge in [0, 0.05) is 5.71 Å². The number of hydrogen-bond donors (Lipinski definition) is 0. The van der Waals surface area contributed by atoms with E-state index in [-0.39, 0.29) is 5.41 Å². The molecule has 1 nitrogen and oxygen atoms in total. The lowest BCUT2D eigenvalue weighted by Gasteiger charge is -2.17. The first-order chi connectivity index (χ1) is 6.00. The molecule has 0 aliphatic heterocycles. The Balaban J connectivity index is 2.90. The number of rotatable bonds is 1. The molecule has 1 rings (SSSR count). The minimum atomic E-state index is 0.163. The lowest BCUT2D eigenvalue weighted by molar-refractivity contribution is 0.588. The Morgan fingerprint density at radius 1 is 1.08 bits per heavy atom. The van der Waals surface area contributed by atoms with E-state index < -0.39 is 0 Å². The lowest BCUT2D eigenvalue weighted by Crippen LogP contribution is -2.16. The highest BCUT2D eigenvalue weighted by molar-refractivity contribution is 5.89. The van der Waals surface area contributed by atoms with Gasteiger partial charge in [-0.2, -0.15) is 0 Å². The molecule has 13 heavy (non-hydrogen) atoms. The second-order valence-electron chi connectivity index (χ2n) is 4.28. The van der Waals surface area contributed by atoms with Crippen molar-refractivity contribution in [1.82, 2.24) is 0 Å². The lowest BCUT2D eigenvalue weighted by atomic mass is 9.91. The van der Waals surface area contributed by atoms with Gasteiger partial charge in [-0.3, -0.25) is 4.99 Å². The van der Waals surface area contributed by atoms with Crippen LogP contribution in [-0.4, -0.2) is 5.71 Å². The van der Waals surface area contributed by atoms with Gasteiger partial charge in [-0.15, -0.1) is 0 Å². The van der Waals surface area contributed by atoms with E-state index in [1.54, 1.807) is 0 Å². The van der Waals surface area contributed by atoms with Crippen LogP contribution in [0.4, 0.5) is 5.69 Å². The van der Waals surface area contributed by atoms with Crippen molar-refractivity contribution in [1.29, 1.82) is 0 Å². The van der Waals surface area contributed by atoms with Gasteiger partial charge in [-0.25, -0.2) is 0 Å². The molecule has 0 atom stereocenters. The smallest absolute Gasteiger partial charge is 0.0629 e. The first-order valence-electron chi connectivity index (χ1n) is 4.61. The molecule has 0 N–H and O–H groups in total. The van der Waals surface area contributed by atoms with Crippen molar-refractivity contribution in [3.05, 3.63) is 30.3 Å². The Hall–Kier alpha value is -1.11. The highest BCUT2D eigenvalue weighted by Crippen LogP contribution is 2.20. The second-order valence-corrected chi connectivity index (χ2v) is 4.28. The highest BCUT2D eigenvalue weighted by atomic mass is 14.8. The molecule has 0 amide bonds. The number of para-hydroxylation sites is 1. The molecule has 1 aromatic rings. The molecule has 0 aliphatic rings. The van der Waals surface area contributed by atoms with Crippen molar-refractivity contribution in [2.45, 2.75) is 27.7 Å². The molecule has 0 aromatic heterocycles. The van der Waals surface area contributed by atoms with Crippen LogP contribution in [0.2, 0.25) is 0 Å². The average molecular weight is 175 g/mol. The summed E-state index contributed by atoms with van der Waals surface area (Å²) < 4.78 is 0. The third kappa shape index (κ3) is 3.02. The van der Waals surface area contributed by atoms with E-state index in [2.05, 4.69) is 32.7 Å². The molecular weight excluding hydrogens is 158 g/mol. The van der Waals surface area contributed by atoms with Gasteiger partial charge in [0.25, 0.3) is 0 Å². The molecule has 0 aliphatic carbocycles. The summed E-state index contributed by atoms with van der Waals surface area (Å²) in [6.45, 7) is 8.60. The Morgan fingerprint density at radius 3 is 2.08 bits per heavy atom. The first kappa shape index (κ1) is 9.97. The van der Waals surface area contributed by atoms with Gasteiger partial charge in [0.15, 0.2) is 0 Å². The molecule has 0 saturated heterocycles. The summed E-state index contributed by atoms with van der Waals surface area (Å²) in [5.41, 5.74) is 2.36. The normalized spacial score (nSPS) is 13.1. The summed E-state index contributed by atoms with van der Waals surface area (Å²) in [6, 6.07) is 10.1. The first-order valence-corrected chi connectivity index (χ1v) is 4.61. The summed E-state index contributed by atoms with van der Waals surface area (Å²) in [4.78, 5) is 4.55. The summed E-state index contributed by atoms with van der Waals surface area (Å²) in [6.07, 6.45) is 0. The number of nitrogens with zero attached hydrogens (tertiary/aromatic N) is 1. The molecule has 1 aromatic carbocycles. The van der Waals surface area contributed by atoms with Crippen LogP contribution in [0.25, 0.3) is 0 Å². The quantitative estimate of drug-likeness (QED) is 0.575. The van der Waals surface area contributed by atoms with Crippen LogP contribution in [-0.2, 0) is 0 Å². The SMILES string of the molecule is CC(=Nc1ccccc1)C(C)(C)C. The monoisotopic (exact) mass is 175 g/mol. The standard InChI is InChI=1S/C12H17N/c1-10(12(2,3)4)13-11-8-6-5-7-9-11/h5-9H,1-4H3. The van der Waals surface area contributed by atoms with Crippen LogP contribution in [0.15, 0.2) is 35.3 Å². The molecule has 1 heteroatoms. The minimum absolute atomic E-state index is 0.163. The molecule has 0 radical (unpaired) electrons. The van der Waals surface area contributed by atoms with Gasteiger partial charge in [0.2, 0.25) is 0 Å². The van der Waals surface area contributed by atoms with Crippen LogP contribution < -0.4 is 0 Å². The van der Waals surface area contributed by atoms with Crippen LogP contribution in [0.1, 0.15) is 27.7 Å². The number of aliphatic imine (C=N–C) groups is 1. The molecule has 0 fully saturated rings. The van der Waals surface area contributed by atoms with Gasteiger partial charge in [0.05, 0.1) is 5.69 Å². The van der Waals surface area contributed by atoms with Crippen molar-refractivity contribution in [3.8, 4) is 0 Å². The molecule has 0 heterocycles. The van der Waals surface area contributed by atoms with E-state index in [1.807, 2.05) is 30.3 Å². The Labute approximate surface area is 80.5 Å². The van der Waals surface area contributed by atoms with Gasteiger partial charge >= 0.3 is 0 Å². The highest BCUT2D eigenvalue weighted by Gasteiger charge is 2.13. The van der Waals surface area contributed by atoms with Crippen LogP contribution in [0, 0.1) is 5.41 Å². The third-order valence-corrected chi connectivity index (χ3v) is 2.14. The Kier molecular flexibility index (Phi) is 2.86. The summed E-state index contributed by atoms with van der Waals surface area (Å²) >= 11 is 0. The zero-order chi connectivity index (χ0) is 9.90. The molecule has 0 bridgehead atoms. The van der Waals surface area contributed by atoms with Crippen LogP contribution in [0.5, 0.6) is 0 Å². The van der Waals surface area contributed by atoms with E-state index in [9.17, 15) is 0 Å². The summed E-state index contributed by atoms with van der Waals surface area (Å²) in [7, 11) is 0. The van der Waals surface area contributed by atoms with Gasteiger partial charge in [-0.1, -0.05) is 39.0 Å². The molecular formula is C12H17N. The molecule has 70 valence electrons. The largest absolute Gasteiger partial charge is 0.258 e. The Bertz CT molecular complexity index is 291. The molecule has 0 spiro atoms. The van der Waals surface area contributed by atoms with Crippen molar-refractivity contribution in [2.75, 3.05) is 0 Å². The fraction of sp³-hybridized carbons (Fsp3) is 0.417. The maximum absolute atomic E-state index is 4.55. The maximum Gasteiger partial charge on any atom is 0.0629 e. The van der Waals surface area contributed by atoms with Crippen LogP contribution >= 0.6 is 0 Å². The van der Waals surface area contributed by atoms with E-state index in [0.717, 1.165) is 5.69 Å². The predicted molar refractivity (Wildman–Crippen MR) is 58.7 cm³/mol. The fourth-order valence-corrected chi connectivity index (χ4v) is 0.864. The molecule has 0 saturated carbocycles. The minimum Gasteiger partial charge on any atom is -0.258 e. The maximum atomic E-state index is 4.55. The Morgan fingerprint density at radius 2 is 1.62 bits per heavy atom. The average Bonchev–Trinajstić information content (AvgIpc) is 2.04. The van der Waals surface area contributed by atoms with Crippen molar-refractivity contribution in [2.24, 2.45) is 10.4 Å². The summed E-state index contributed by atoms with van der Waals surface area (Å²) in [5.74, 6) is 0. The van der Waals surface area contributed by atoms with Crippen molar-refractivity contribution in [3.63, 3.8) is 0 Å². The van der Waals surface area contributed by atoms with Gasteiger partial charge < -0.3 is 0 Å².